The summed E-state index contributed by atoms with van der Waals surface area (Å²) in [6.07, 6.45) is 3.28. The zero-order valence-electron chi connectivity index (χ0n) is 18.6. The van der Waals surface area contributed by atoms with Gasteiger partial charge in [-0.25, -0.2) is 0 Å². The Bertz CT molecular complexity index is 938. The molecule has 0 aromatic heterocycles. The van der Waals surface area contributed by atoms with Gasteiger partial charge >= 0.3 is 0 Å². The van der Waals surface area contributed by atoms with Crippen molar-refractivity contribution in [3.05, 3.63) is 70.2 Å². The van der Waals surface area contributed by atoms with E-state index in [1.54, 1.807) is 54.2 Å². The van der Waals surface area contributed by atoms with Crippen molar-refractivity contribution in [1.82, 2.24) is 16.0 Å². The summed E-state index contributed by atoms with van der Waals surface area (Å²) in [5.74, 6) is -0.0987. The molecule has 32 heavy (non-hydrogen) atoms. The van der Waals surface area contributed by atoms with Gasteiger partial charge in [0, 0.05) is 18.2 Å². The Hall–Kier alpha value is -2.51. The minimum atomic E-state index is -0.692. The van der Waals surface area contributed by atoms with E-state index < -0.39 is 6.04 Å². The van der Waals surface area contributed by atoms with E-state index in [1.807, 2.05) is 26.2 Å². The first-order chi connectivity index (χ1) is 15.3. The zero-order chi connectivity index (χ0) is 23.5. The second kappa shape index (κ2) is 13.1. The van der Waals surface area contributed by atoms with Gasteiger partial charge in [0.25, 0.3) is 11.8 Å². The van der Waals surface area contributed by atoms with Gasteiger partial charge in [-0.2, -0.15) is 11.8 Å². The summed E-state index contributed by atoms with van der Waals surface area (Å²) in [6.45, 7) is 4.21. The fraction of sp³-hybridized carbons (Fsp3) is 0.375. The Kier molecular flexibility index (Phi) is 10.6. The Morgan fingerprint density at radius 2 is 1.78 bits per heavy atom. The quantitative estimate of drug-likeness (QED) is 0.457. The molecule has 0 fully saturated rings. The van der Waals surface area contributed by atoms with Crippen LogP contribution >= 0.6 is 23.4 Å². The van der Waals surface area contributed by atoms with Crippen LogP contribution in [0.3, 0.4) is 0 Å². The molecule has 8 heteroatoms. The number of rotatable bonds is 11. The molecular formula is C24H30ClN3O3S. The summed E-state index contributed by atoms with van der Waals surface area (Å²) in [5.41, 5.74) is 1.68. The summed E-state index contributed by atoms with van der Waals surface area (Å²) < 4.78 is 0. The topological polar surface area (TPSA) is 87.3 Å². The standard InChI is InChI=1S/C24H30ClN3O3S/c1-4-16(2)27-22(29)18-9-7-8-17(14-18)15-26-24(31)21(12-13-32-3)28-23(30)19-10-5-6-11-20(19)25/h5-11,14,16,21H,4,12-13,15H2,1-3H3,(H,26,31)(H,27,29)(H,28,30). The minimum absolute atomic E-state index is 0.0878. The second-order valence-electron chi connectivity index (χ2n) is 7.49. The van der Waals surface area contributed by atoms with Gasteiger partial charge in [0.15, 0.2) is 0 Å². The number of hydrogen-bond acceptors (Lipinski definition) is 4. The molecule has 0 aliphatic rings. The number of carbonyl (C=O) groups excluding carboxylic acids is 3. The van der Waals surface area contributed by atoms with Crippen molar-refractivity contribution in [1.29, 1.82) is 0 Å². The van der Waals surface area contributed by atoms with Gasteiger partial charge in [-0.3, -0.25) is 14.4 Å². The fourth-order valence-electron chi connectivity index (χ4n) is 2.93. The van der Waals surface area contributed by atoms with Gasteiger partial charge in [-0.05, 0) is 61.6 Å². The summed E-state index contributed by atoms with van der Waals surface area (Å²) in [7, 11) is 0. The third-order valence-electron chi connectivity index (χ3n) is 5.00. The van der Waals surface area contributed by atoms with Crippen LogP contribution in [0.1, 0.15) is 53.0 Å². The average molecular weight is 476 g/mol. The highest BCUT2D eigenvalue weighted by atomic mass is 35.5. The maximum Gasteiger partial charge on any atom is 0.253 e. The highest BCUT2D eigenvalue weighted by Gasteiger charge is 2.22. The van der Waals surface area contributed by atoms with Crippen molar-refractivity contribution in [3.8, 4) is 0 Å². The average Bonchev–Trinajstić information content (AvgIpc) is 2.80. The third-order valence-corrected chi connectivity index (χ3v) is 5.97. The lowest BCUT2D eigenvalue weighted by atomic mass is 10.1. The molecule has 172 valence electrons. The predicted octanol–water partition coefficient (Wildman–Crippen LogP) is 4.04. The molecule has 2 aromatic rings. The van der Waals surface area contributed by atoms with Crippen LogP contribution in [0.4, 0.5) is 0 Å². The first-order valence-electron chi connectivity index (χ1n) is 10.6. The molecule has 0 saturated carbocycles. The largest absolute Gasteiger partial charge is 0.350 e. The van der Waals surface area contributed by atoms with E-state index in [1.165, 1.54) is 0 Å². The Morgan fingerprint density at radius 3 is 2.47 bits per heavy atom. The van der Waals surface area contributed by atoms with E-state index in [0.717, 1.165) is 12.0 Å². The molecule has 0 aliphatic carbocycles. The van der Waals surface area contributed by atoms with E-state index in [-0.39, 0.29) is 30.3 Å². The lowest BCUT2D eigenvalue weighted by Gasteiger charge is -2.19. The lowest BCUT2D eigenvalue weighted by molar-refractivity contribution is -0.123. The fourth-order valence-corrected chi connectivity index (χ4v) is 3.62. The van der Waals surface area contributed by atoms with E-state index in [0.29, 0.717) is 28.3 Å². The van der Waals surface area contributed by atoms with Crippen LogP contribution in [-0.2, 0) is 11.3 Å². The SMILES string of the molecule is CCC(C)NC(=O)c1cccc(CNC(=O)C(CCSC)NC(=O)c2ccccc2Cl)c1. The van der Waals surface area contributed by atoms with E-state index in [2.05, 4.69) is 16.0 Å². The summed E-state index contributed by atoms with van der Waals surface area (Å²) in [4.78, 5) is 37.8. The van der Waals surface area contributed by atoms with Crippen molar-refractivity contribution in [2.24, 2.45) is 0 Å². The third kappa shape index (κ3) is 7.88. The molecule has 0 saturated heterocycles. The van der Waals surface area contributed by atoms with Crippen molar-refractivity contribution in [2.75, 3.05) is 12.0 Å². The maximum atomic E-state index is 12.8. The molecule has 3 N–H and O–H groups in total. The van der Waals surface area contributed by atoms with E-state index in [9.17, 15) is 14.4 Å². The second-order valence-corrected chi connectivity index (χ2v) is 8.88. The molecule has 2 aromatic carbocycles. The molecule has 0 spiro atoms. The van der Waals surface area contributed by atoms with Crippen LogP contribution in [-0.4, -0.2) is 41.8 Å². The Labute approximate surface area is 198 Å². The molecule has 0 heterocycles. The van der Waals surface area contributed by atoms with Gasteiger partial charge in [-0.15, -0.1) is 0 Å². The zero-order valence-corrected chi connectivity index (χ0v) is 20.2. The number of amides is 3. The van der Waals surface area contributed by atoms with Crippen LogP contribution in [0.25, 0.3) is 0 Å². The van der Waals surface area contributed by atoms with Crippen molar-refractivity contribution >= 4 is 41.1 Å². The minimum Gasteiger partial charge on any atom is -0.350 e. The summed E-state index contributed by atoms with van der Waals surface area (Å²) in [5, 5.41) is 8.93. The van der Waals surface area contributed by atoms with Gasteiger partial charge in [0.2, 0.25) is 5.91 Å². The van der Waals surface area contributed by atoms with E-state index in [4.69, 9.17) is 11.6 Å². The first-order valence-corrected chi connectivity index (χ1v) is 12.3. The molecule has 0 radical (unpaired) electrons. The summed E-state index contributed by atoms with van der Waals surface area (Å²) >= 11 is 7.71. The molecule has 2 atom stereocenters. The van der Waals surface area contributed by atoms with Crippen LogP contribution in [0.15, 0.2) is 48.5 Å². The van der Waals surface area contributed by atoms with Crippen LogP contribution in [0.5, 0.6) is 0 Å². The van der Waals surface area contributed by atoms with Crippen LogP contribution in [0.2, 0.25) is 5.02 Å². The molecule has 0 aliphatic heterocycles. The molecule has 0 bridgehead atoms. The first kappa shape index (κ1) is 25.7. The molecule has 6 nitrogen and oxygen atoms in total. The molecule has 2 unspecified atom stereocenters. The number of benzene rings is 2. The van der Waals surface area contributed by atoms with Crippen LogP contribution in [0, 0.1) is 0 Å². The van der Waals surface area contributed by atoms with Crippen molar-refractivity contribution in [3.63, 3.8) is 0 Å². The van der Waals surface area contributed by atoms with E-state index >= 15 is 0 Å². The van der Waals surface area contributed by atoms with Gasteiger partial charge in [-0.1, -0.05) is 42.8 Å². The molecule has 2 rings (SSSR count). The number of thioether (sulfide) groups is 1. The number of nitrogens with one attached hydrogen (secondary N) is 3. The number of halogens is 1. The van der Waals surface area contributed by atoms with Crippen molar-refractivity contribution in [2.45, 2.75) is 45.3 Å². The molecule has 3 amide bonds. The smallest absolute Gasteiger partial charge is 0.253 e. The van der Waals surface area contributed by atoms with Gasteiger partial charge < -0.3 is 16.0 Å². The maximum absolute atomic E-state index is 12.8. The van der Waals surface area contributed by atoms with Crippen LogP contribution < -0.4 is 16.0 Å². The Balaban J connectivity index is 2.02. The molecular weight excluding hydrogens is 446 g/mol. The normalized spacial score (nSPS) is 12.5. The number of carbonyl (C=O) groups is 3. The summed E-state index contributed by atoms with van der Waals surface area (Å²) in [6, 6.07) is 13.3. The highest BCUT2D eigenvalue weighted by Crippen LogP contribution is 2.15. The highest BCUT2D eigenvalue weighted by molar-refractivity contribution is 7.98. The predicted molar refractivity (Wildman–Crippen MR) is 131 cm³/mol. The monoisotopic (exact) mass is 475 g/mol. The van der Waals surface area contributed by atoms with Gasteiger partial charge in [0.05, 0.1) is 10.6 Å². The van der Waals surface area contributed by atoms with Crippen molar-refractivity contribution < 1.29 is 14.4 Å². The Morgan fingerprint density at radius 1 is 1.03 bits per heavy atom. The lowest BCUT2D eigenvalue weighted by Crippen LogP contribution is -2.47. The number of hydrogen-bond donors (Lipinski definition) is 3. The van der Waals surface area contributed by atoms with Gasteiger partial charge in [0.1, 0.15) is 6.04 Å².